The number of carbonyl (C=O) groups excluding carboxylic acids is 2. The summed E-state index contributed by atoms with van der Waals surface area (Å²) in [6, 6.07) is 22.3. The van der Waals surface area contributed by atoms with Crippen molar-refractivity contribution in [2.75, 3.05) is 26.2 Å². The van der Waals surface area contributed by atoms with Crippen molar-refractivity contribution in [3.63, 3.8) is 0 Å². The first-order valence-electron chi connectivity index (χ1n) is 11.1. The number of benzene rings is 2. The van der Waals surface area contributed by atoms with Crippen molar-refractivity contribution >= 4 is 34.9 Å². The molecule has 0 atom stereocenters. The fraction of sp³-hybridized carbons (Fsp3) is 0.308. The first kappa shape index (κ1) is 22.6. The van der Waals surface area contributed by atoms with Gasteiger partial charge >= 0.3 is 0 Å². The minimum atomic E-state index is 0.0652. The average Bonchev–Trinajstić information content (AvgIpc) is 3.37. The molecule has 166 valence electrons. The van der Waals surface area contributed by atoms with Crippen LogP contribution in [0.5, 0.6) is 0 Å². The number of amides is 2. The predicted octanol–water partition coefficient (Wildman–Crippen LogP) is 5.35. The van der Waals surface area contributed by atoms with E-state index in [2.05, 4.69) is 29.6 Å². The zero-order chi connectivity index (χ0) is 22.2. The Balaban J connectivity index is 1.26. The number of piperazine rings is 1. The number of carbonyl (C=O) groups is 2. The Morgan fingerprint density at radius 1 is 0.844 bits per heavy atom. The molecule has 1 saturated heterocycles. The van der Waals surface area contributed by atoms with Gasteiger partial charge in [0.05, 0.1) is 5.56 Å². The fourth-order valence-corrected chi connectivity index (χ4v) is 5.71. The largest absolute Gasteiger partial charge is 0.339 e. The number of nitrogens with zero attached hydrogens (tertiary/aromatic N) is 2. The van der Waals surface area contributed by atoms with Gasteiger partial charge in [-0.3, -0.25) is 9.59 Å². The second kappa shape index (κ2) is 11.3. The van der Waals surface area contributed by atoms with E-state index >= 15 is 0 Å². The van der Waals surface area contributed by atoms with E-state index in [1.165, 1.54) is 10.4 Å². The molecule has 6 heteroatoms. The molecule has 2 amide bonds. The van der Waals surface area contributed by atoms with Crippen molar-refractivity contribution in [1.82, 2.24) is 9.80 Å². The van der Waals surface area contributed by atoms with E-state index in [0.717, 1.165) is 29.1 Å². The van der Waals surface area contributed by atoms with Gasteiger partial charge in [0.15, 0.2) is 0 Å². The maximum atomic E-state index is 13.2. The van der Waals surface area contributed by atoms with Crippen LogP contribution in [0.2, 0.25) is 0 Å². The maximum Gasteiger partial charge on any atom is 0.255 e. The van der Waals surface area contributed by atoms with E-state index in [0.29, 0.717) is 32.6 Å². The molecular formula is C26H28N2O2S2. The van der Waals surface area contributed by atoms with Crippen LogP contribution in [-0.2, 0) is 17.0 Å². The number of rotatable bonds is 8. The molecule has 1 aliphatic rings. The van der Waals surface area contributed by atoms with Gasteiger partial charge in [-0.15, -0.1) is 23.1 Å². The van der Waals surface area contributed by atoms with Gasteiger partial charge in [-0.05, 0) is 42.0 Å². The van der Waals surface area contributed by atoms with Gasteiger partial charge < -0.3 is 9.80 Å². The van der Waals surface area contributed by atoms with Crippen molar-refractivity contribution in [3.8, 4) is 0 Å². The summed E-state index contributed by atoms with van der Waals surface area (Å²) >= 11 is 3.45. The Kier molecular flexibility index (Phi) is 8.02. The lowest BCUT2D eigenvalue weighted by molar-refractivity contribution is -0.132. The van der Waals surface area contributed by atoms with Crippen LogP contribution in [0.15, 0.2) is 77.0 Å². The van der Waals surface area contributed by atoms with Crippen molar-refractivity contribution in [1.29, 1.82) is 0 Å². The van der Waals surface area contributed by atoms with Crippen LogP contribution in [-0.4, -0.2) is 47.8 Å². The molecule has 3 aromatic rings. The molecule has 0 spiro atoms. The zero-order valence-electron chi connectivity index (χ0n) is 18.1. The number of hydrogen-bond acceptors (Lipinski definition) is 4. The molecule has 2 aromatic carbocycles. The topological polar surface area (TPSA) is 40.6 Å². The second-order valence-electron chi connectivity index (χ2n) is 7.88. The van der Waals surface area contributed by atoms with Crippen LogP contribution < -0.4 is 0 Å². The van der Waals surface area contributed by atoms with E-state index in [1.807, 2.05) is 52.3 Å². The molecular weight excluding hydrogens is 436 g/mol. The zero-order valence-corrected chi connectivity index (χ0v) is 19.7. The number of hydrogen-bond donors (Lipinski definition) is 0. The Bertz CT molecular complexity index is 1010. The maximum absolute atomic E-state index is 13.2. The predicted molar refractivity (Wildman–Crippen MR) is 132 cm³/mol. The molecule has 0 radical (unpaired) electrons. The summed E-state index contributed by atoms with van der Waals surface area (Å²) in [5, 5.41) is 2.08. The van der Waals surface area contributed by atoms with Gasteiger partial charge in [-0.25, -0.2) is 0 Å². The summed E-state index contributed by atoms with van der Waals surface area (Å²) in [6.45, 7) is 2.40. The highest BCUT2D eigenvalue weighted by Crippen LogP contribution is 2.29. The van der Waals surface area contributed by atoms with Crippen LogP contribution in [0.25, 0.3) is 0 Å². The normalized spacial score (nSPS) is 13.9. The summed E-state index contributed by atoms with van der Waals surface area (Å²) in [5.74, 6) is 1.13. The van der Waals surface area contributed by atoms with Crippen molar-refractivity contribution in [2.45, 2.75) is 29.9 Å². The van der Waals surface area contributed by atoms with Crippen LogP contribution in [0.3, 0.4) is 0 Å². The molecule has 1 fully saturated rings. The first-order chi connectivity index (χ1) is 15.7. The van der Waals surface area contributed by atoms with E-state index < -0.39 is 0 Å². The van der Waals surface area contributed by atoms with Crippen molar-refractivity contribution in [2.24, 2.45) is 0 Å². The minimum Gasteiger partial charge on any atom is -0.339 e. The lowest BCUT2D eigenvalue weighted by Gasteiger charge is -2.35. The van der Waals surface area contributed by atoms with Crippen molar-refractivity contribution in [3.05, 3.63) is 88.1 Å². The van der Waals surface area contributed by atoms with E-state index in [4.69, 9.17) is 0 Å². The lowest BCUT2D eigenvalue weighted by atomic mass is 10.1. The van der Waals surface area contributed by atoms with Gasteiger partial charge in [0, 0.05) is 48.1 Å². The van der Waals surface area contributed by atoms with E-state index in [9.17, 15) is 9.59 Å². The Hall–Kier alpha value is -2.57. The summed E-state index contributed by atoms with van der Waals surface area (Å²) in [5.41, 5.74) is 2.03. The molecule has 1 aliphatic heterocycles. The summed E-state index contributed by atoms with van der Waals surface area (Å²) in [6.07, 6.45) is 2.34. The van der Waals surface area contributed by atoms with Crippen LogP contribution in [0.1, 0.15) is 33.6 Å². The second-order valence-corrected chi connectivity index (χ2v) is 9.93. The van der Waals surface area contributed by atoms with Gasteiger partial charge in [0.2, 0.25) is 5.91 Å². The van der Waals surface area contributed by atoms with Gasteiger partial charge in [-0.2, -0.15) is 0 Å². The van der Waals surface area contributed by atoms with Crippen LogP contribution in [0.4, 0.5) is 0 Å². The smallest absolute Gasteiger partial charge is 0.255 e. The van der Waals surface area contributed by atoms with Crippen LogP contribution in [0, 0.1) is 0 Å². The van der Waals surface area contributed by atoms with Crippen LogP contribution >= 0.6 is 23.1 Å². The van der Waals surface area contributed by atoms with Gasteiger partial charge in [0.25, 0.3) is 5.91 Å². The lowest BCUT2D eigenvalue weighted by Crippen LogP contribution is -2.50. The molecule has 0 N–H and O–H groups in total. The number of thioether (sulfide) groups is 1. The molecule has 2 heterocycles. The standard InChI is InChI=1S/C26H28N2O2S2/c29-25(14-6-10-21-8-2-1-3-9-21)27-15-17-28(18-16-27)26(30)23-12-4-5-13-24(23)32-20-22-11-7-19-31-22/h1-5,7-9,11-13,19H,6,10,14-18,20H2. The molecule has 32 heavy (non-hydrogen) atoms. The first-order valence-corrected chi connectivity index (χ1v) is 12.9. The van der Waals surface area contributed by atoms with Crippen molar-refractivity contribution < 1.29 is 9.59 Å². The summed E-state index contributed by atoms with van der Waals surface area (Å²) < 4.78 is 0. The highest BCUT2D eigenvalue weighted by atomic mass is 32.2. The molecule has 0 aliphatic carbocycles. The molecule has 0 unspecified atom stereocenters. The van der Waals surface area contributed by atoms with E-state index in [1.54, 1.807) is 23.1 Å². The monoisotopic (exact) mass is 464 g/mol. The highest BCUT2D eigenvalue weighted by molar-refractivity contribution is 7.98. The molecule has 0 saturated carbocycles. The molecule has 0 bridgehead atoms. The molecule has 4 nitrogen and oxygen atoms in total. The third-order valence-corrected chi connectivity index (χ3v) is 7.87. The SMILES string of the molecule is O=C(CCCc1ccccc1)N1CCN(C(=O)c2ccccc2SCc2cccs2)CC1. The number of thiophene rings is 1. The quantitative estimate of drug-likeness (QED) is 0.422. The Morgan fingerprint density at radius 2 is 1.56 bits per heavy atom. The van der Waals surface area contributed by atoms with Gasteiger partial charge in [0.1, 0.15) is 0 Å². The molecule has 4 rings (SSSR count). The third kappa shape index (κ3) is 6.02. The fourth-order valence-electron chi connectivity index (χ4n) is 3.89. The Labute approximate surface area is 198 Å². The summed E-state index contributed by atoms with van der Waals surface area (Å²) in [4.78, 5) is 31.9. The molecule has 1 aromatic heterocycles. The minimum absolute atomic E-state index is 0.0652. The summed E-state index contributed by atoms with van der Waals surface area (Å²) in [7, 11) is 0. The highest BCUT2D eigenvalue weighted by Gasteiger charge is 2.25. The van der Waals surface area contributed by atoms with E-state index in [-0.39, 0.29) is 11.8 Å². The van der Waals surface area contributed by atoms with Gasteiger partial charge in [-0.1, -0.05) is 48.5 Å². The number of aryl methyl sites for hydroxylation is 1. The Morgan fingerprint density at radius 3 is 2.31 bits per heavy atom. The third-order valence-electron chi connectivity index (χ3n) is 5.69. The average molecular weight is 465 g/mol.